The lowest BCUT2D eigenvalue weighted by Crippen LogP contribution is -2.33. The van der Waals surface area contributed by atoms with Crippen LogP contribution < -0.4 is 5.73 Å². The Balaban J connectivity index is 3.57. The number of esters is 1. The van der Waals surface area contributed by atoms with E-state index in [4.69, 9.17) is 15.6 Å². The van der Waals surface area contributed by atoms with Crippen molar-refractivity contribution in [3.63, 3.8) is 0 Å². The summed E-state index contributed by atoms with van der Waals surface area (Å²) in [4.78, 5) is 11.0. The lowest BCUT2D eigenvalue weighted by Gasteiger charge is -2.11. The molecule has 0 aliphatic carbocycles. The van der Waals surface area contributed by atoms with Crippen LogP contribution in [-0.2, 0) is 9.53 Å². The van der Waals surface area contributed by atoms with Crippen LogP contribution >= 0.6 is 0 Å². The summed E-state index contributed by atoms with van der Waals surface area (Å²) in [5, 5.41) is 8.48. The fraction of sp³-hybridized carbons (Fsp3) is 0.875. The molecule has 0 spiro atoms. The molecule has 12 heavy (non-hydrogen) atoms. The number of nitrogens with two attached hydrogens (primary N) is 1. The zero-order valence-electron chi connectivity index (χ0n) is 7.62. The minimum absolute atomic E-state index is 0.0854. The van der Waals surface area contributed by atoms with Crippen molar-refractivity contribution in [3.8, 4) is 0 Å². The predicted octanol–water partition coefficient (Wildman–Crippen LogP) is -0.105. The van der Waals surface area contributed by atoms with Crippen molar-refractivity contribution in [2.75, 3.05) is 13.2 Å². The maximum atomic E-state index is 11.0. The average molecular weight is 175 g/mol. The normalized spacial score (nSPS) is 13.1. The molecule has 4 heteroatoms. The van der Waals surface area contributed by atoms with Gasteiger partial charge in [0.2, 0.25) is 0 Å². The highest BCUT2D eigenvalue weighted by molar-refractivity contribution is 5.75. The van der Waals surface area contributed by atoms with Crippen LogP contribution in [0.15, 0.2) is 0 Å². The average Bonchev–Trinajstić information content (AvgIpc) is 2.00. The van der Waals surface area contributed by atoms with Crippen LogP contribution in [0, 0.1) is 5.92 Å². The van der Waals surface area contributed by atoms with E-state index in [1.54, 1.807) is 0 Å². The molecule has 3 N–H and O–H groups in total. The first kappa shape index (κ1) is 11.4. The van der Waals surface area contributed by atoms with E-state index in [0.717, 1.165) is 0 Å². The van der Waals surface area contributed by atoms with Gasteiger partial charge in [0.15, 0.2) is 0 Å². The molecule has 72 valence electrons. The summed E-state index contributed by atoms with van der Waals surface area (Å²) < 4.78 is 4.84. The third kappa shape index (κ3) is 5.09. The molecule has 0 rings (SSSR count). The molecule has 0 fully saturated rings. The number of hydrogen-bond acceptors (Lipinski definition) is 4. The van der Waals surface area contributed by atoms with Crippen molar-refractivity contribution >= 4 is 5.97 Å². The lowest BCUT2D eigenvalue weighted by atomic mass is 10.2. The zero-order valence-corrected chi connectivity index (χ0v) is 7.62. The van der Waals surface area contributed by atoms with Crippen LogP contribution in [0.4, 0.5) is 0 Å². The first-order chi connectivity index (χ1) is 5.57. The smallest absolute Gasteiger partial charge is 0.323 e. The van der Waals surface area contributed by atoms with Crippen molar-refractivity contribution in [2.24, 2.45) is 11.7 Å². The van der Waals surface area contributed by atoms with E-state index < -0.39 is 12.0 Å². The van der Waals surface area contributed by atoms with E-state index >= 15 is 0 Å². The second-order valence-corrected chi connectivity index (χ2v) is 3.14. The van der Waals surface area contributed by atoms with E-state index in [-0.39, 0.29) is 13.0 Å². The molecule has 4 nitrogen and oxygen atoms in total. The number of aliphatic hydroxyl groups is 1. The summed E-state index contributed by atoms with van der Waals surface area (Å²) in [6.07, 6.45) is 0.261. The molecule has 0 heterocycles. The first-order valence-electron chi connectivity index (χ1n) is 4.11. The Morgan fingerprint density at radius 2 is 2.17 bits per heavy atom. The predicted molar refractivity (Wildman–Crippen MR) is 45.5 cm³/mol. The molecule has 0 aliphatic heterocycles. The van der Waals surface area contributed by atoms with E-state index in [9.17, 15) is 4.79 Å². The number of ether oxygens (including phenoxy) is 1. The molecule has 0 aromatic heterocycles. The van der Waals surface area contributed by atoms with Gasteiger partial charge in [-0.3, -0.25) is 4.79 Å². The minimum atomic E-state index is -0.686. The van der Waals surface area contributed by atoms with E-state index in [1.807, 2.05) is 13.8 Å². The fourth-order valence-corrected chi connectivity index (χ4v) is 0.613. The van der Waals surface area contributed by atoms with Gasteiger partial charge in [0.25, 0.3) is 0 Å². The number of carbonyl (C=O) groups is 1. The number of carbonyl (C=O) groups excluding carboxylic acids is 1. The SMILES string of the molecule is CC(C)COC(=O)C(N)CCO. The van der Waals surface area contributed by atoms with Gasteiger partial charge in [-0.05, 0) is 12.3 Å². The Bertz CT molecular complexity index is 136. The second kappa shape index (κ2) is 5.97. The van der Waals surface area contributed by atoms with Gasteiger partial charge in [0.05, 0.1) is 6.61 Å². The van der Waals surface area contributed by atoms with Crippen molar-refractivity contribution in [3.05, 3.63) is 0 Å². The maximum absolute atomic E-state index is 11.0. The van der Waals surface area contributed by atoms with Crippen LogP contribution in [0.2, 0.25) is 0 Å². The maximum Gasteiger partial charge on any atom is 0.323 e. The lowest BCUT2D eigenvalue weighted by molar-refractivity contribution is -0.146. The molecule has 0 aliphatic rings. The summed E-state index contributed by atoms with van der Waals surface area (Å²) in [5.74, 6) is -0.118. The molecule has 0 aromatic carbocycles. The highest BCUT2D eigenvalue weighted by Crippen LogP contribution is 1.96. The standard InChI is InChI=1S/C8H17NO3/c1-6(2)5-12-8(11)7(9)3-4-10/h6-7,10H,3-5,9H2,1-2H3. The second-order valence-electron chi connectivity index (χ2n) is 3.14. The third-order valence-electron chi connectivity index (χ3n) is 1.30. The van der Waals surface area contributed by atoms with Crippen LogP contribution in [0.1, 0.15) is 20.3 Å². The monoisotopic (exact) mass is 175 g/mol. The highest BCUT2D eigenvalue weighted by Gasteiger charge is 2.14. The van der Waals surface area contributed by atoms with E-state index in [1.165, 1.54) is 0 Å². The van der Waals surface area contributed by atoms with Gasteiger partial charge < -0.3 is 15.6 Å². The topological polar surface area (TPSA) is 72.5 Å². The van der Waals surface area contributed by atoms with Crippen molar-refractivity contribution in [1.29, 1.82) is 0 Å². The van der Waals surface area contributed by atoms with Gasteiger partial charge in [0.1, 0.15) is 6.04 Å². The van der Waals surface area contributed by atoms with Crippen LogP contribution in [0.25, 0.3) is 0 Å². The van der Waals surface area contributed by atoms with Gasteiger partial charge >= 0.3 is 5.97 Å². The quantitative estimate of drug-likeness (QED) is 0.572. The zero-order chi connectivity index (χ0) is 9.56. The molecule has 1 unspecified atom stereocenters. The van der Waals surface area contributed by atoms with E-state index in [2.05, 4.69) is 0 Å². The summed E-state index contributed by atoms with van der Waals surface area (Å²) in [6, 6.07) is -0.686. The largest absolute Gasteiger partial charge is 0.464 e. The van der Waals surface area contributed by atoms with Gasteiger partial charge in [-0.1, -0.05) is 13.8 Å². The van der Waals surface area contributed by atoms with Crippen LogP contribution in [0.3, 0.4) is 0 Å². The van der Waals surface area contributed by atoms with Gasteiger partial charge in [-0.2, -0.15) is 0 Å². The molecular formula is C8H17NO3. The van der Waals surface area contributed by atoms with E-state index in [0.29, 0.717) is 12.5 Å². The third-order valence-corrected chi connectivity index (χ3v) is 1.30. The first-order valence-corrected chi connectivity index (χ1v) is 4.11. The Morgan fingerprint density at radius 3 is 2.58 bits per heavy atom. The Kier molecular flexibility index (Phi) is 5.66. The summed E-state index contributed by atoms with van der Waals surface area (Å²) >= 11 is 0. The molecule has 0 saturated heterocycles. The summed E-state index contributed by atoms with van der Waals surface area (Å²) in [5.41, 5.74) is 5.38. The highest BCUT2D eigenvalue weighted by atomic mass is 16.5. The van der Waals surface area contributed by atoms with Crippen molar-refractivity contribution in [2.45, 2.75) is 26.3 Å². The Morgan fingerprint density at radius 1 is 1.58 bits per heavy atom. The van der Waals surface area contributed by atoms with Crippen molar-refractivity contribution < 1.29 is 14.6 Å². The molecule has 0 saturated carbocycles. The Labute approximate surface area is 72.7 Å². The molecule has 0 bridgehead atoms. The molecule has 0 amide bonds. The number of hydrogen-bond donors (Lipinski definition) is 2. The van der Waals surface area contributed by atoms with Gasteiger partial charge in [0, 0.05) is 6.61 Å². The summed E-state index contributed by atoms with van der Waals surface area (Å²) in [6.45, 7) is 4.20. The summed E-state index contributed by atoms with van der Waals surface area (Å²) in [7, 11) is 0. The number of rotatable bonds is 5. The fourth-order valence-electron chi connectivity index (χ4n) is 0.613. The molecular weight excluding hydrogens is 158 g/mol. The molecule has 0 aromatic rings. The molecule has 0 radical (unpaired) electrons. The van der Waals surface area contributed by atoms with Crippen LogP contribution in [-0.4, -0.2) is 30.3 Å². The minimum Gasteiger partial charge on any atom is -0.464 e. The van der Waals surface area contributed by atoms with Crippen LogP contribution in [0.5, 0.6) is 0 Å². The number of aliphatic hydroxyl groups excluding tert-OH is 1. The van der Waals surface area contributed by atoms with Crippen molar-refractivity contribution in [1.82, 2.24) is 0 Å². The Hall–Kier alpha value is -0.610. The van der Waals surface area contributed by atoms with Gasteiger partial charge in [-0.15, -0.1) is 0 Å². The molecule has 1 atom stereocenters. The van der Waals surface area contributed by atoms with Gasteiger partial charge in [-0.25, -0.2) is 0 Å².